The second-order valence-electron chi connectivity index (χ2n) is 7.40. The molecule has 0 atom stereocenters. The number of nitrogens with two attached hydrogens (primary N) is 1. The molecule has 0 saturated carbocycles. The molecular weight excluding hydrogens is 424 g/mol. The largest absolute Gasteiger partial charge is 0.383 e. The molecular formula is C23H22N6O2S. The molecule has 1 aromatic carbocycles. The number of hydrogen-bond donors (Lipinski definition) is 2. The average molecular weight is 447 g/mol. The highest BCUT2D eigenvalue weighted by atomic mass is 32.2. The summed E-state index contributed by atoms with van der Waals surface area (Å²) >= 11 is 1.24. The number of anilines is 2. The number of aromatic nitrogens is 2. The van der Waals surface area contributed by atoms with Gasteiger partial charge in [0, 0.05) is 23.8 Å². The van der Waals surface area contributed by atoms with Crippen LogP contribution in [0.2, 0.25) is 0 Å². The summed E-state index contributed by atoms with van der Waals surface area (Å²) in [6.07, 6.45) is 0.168. The quantitative estimate of drug-likeness (QED) is 0.501. The van der Waals surface area contributed by atoms with Crippen LogP contribution in [0.1, 0.15) is 48.6 Å². The number of thioether (sulfide) groups is 1. The molecule has 1 amide bonds. The molecule has 0 bridgehead atoms. The van der Waals surface area contributed by atoms with Crippen LogP contribution in [-0.2, 0) is 4.79 Å². The minimum absolute atomic E-state index is 0.0551. The van der Waals surface area contributed by atoms with Crippen LogP contribution in [0.25, 0.3) is 11.1 Å². The summed E-state index contributed by atoms with van der Waals surface area (Å²) < 4.78 is 4.92. The second-order valence-corrected chi connectivity index (χ2v) is 8.48. The van der Waals surface area contributed by atoms with Crippen molar-refractivity contribution in [3.8, 4) is 23.3 Å². The molecule has 0 aliphatic rings. The van der Waals surface area contributed by atoms with Crippen LogP contribution in [0.4, 0.5) is 11.6 Å². The van der Waals surface area contributed by atoms with Crippen molar-refractivity contribution in [1.82, 2.24) is 10.1 Å². The second kappa shape index (κ2) is 9.99. The van der Waals surface area contributed by atoms with Gasteiger partial charge in [-0.1, -0.05) is 43.3 Å². The van der Waals surface area contributed by atoms with E-state index >= 15 is 0 Å². The monoisotopic (exact) mass is 446 g/mol. The number of aryl methyl sites for hydroxylation is 1. The number of rotatable bonds is 7. The molecule has 0 fully saturated rings. The minimum atomic E-state index is -0.240. The Morgan fingerprint density at radius 2 is 1.91 bits per heavy atom. The standard InChI is InChI=1S/C23H22N6O2S/c1-13(2)15-4-6-16(7-5-15)21-17(11-24)22(26)28-23(18(21)12-25)32-9-8-20(30)27-19-10-14(3)31-29-19/h4-7,10,13H,8-9H2,1-3H3,(H2,26,28)(H,27,29,30). The van der Waals surface area contributed by atoms with E-state index in [2.05, 4.69) is 41.4 Å². The third kappa shape index (κ3) is 5.08. The molecule has 9 heteroatoms. The Balaban J connectivity index is 1.84. The maximum absolute atomic E-state index is 12.1. The predicted molar refractivity (Wildman–Crippen MR) is 123 cm³/mol. The third-order valence-corrected chi connectivity index (χ3v) is 5.72. The number of nitrogen functional groups attached to an aromatic ring is 1. The van der Waals surface area contributed by atoms with E-state index in [0.29, 0.717) is 33.8 Å². The van der Waals surface area contributed by atoms with Crippen molar-refractivity contribution in [1.29, 1.82) is 10.5 Å². The van der Waals surface area contributed by atoms with Gasteiger partial charge in [-0.2, -0.15) is 10.5 Å². The lowest BCUT2D eigenvalue weighted by molar-refractivity contribution is -0.115. The van der Waals surface area contributed by atoms with Crippen molar-refractivity contribution in [2.75, 3.05) is 16.8 Å². The number of pyridine rings is 1. The maximum Gasteiger partial charge on any atom is 0.226 e. The highest BCUT2D eigenvalue weighted by Crippen LogP contribution is 2.36. The van der Waals surface area contributed by atoms with E-state index in [-0.39, 0.29) is 29.3 Å². The number of nitriles is 2. The van der Waals surface area contributed by atoms with Crippen LogP contribution in [0.15, 0.2) is 39.9 Å². The topological polar surface area (TPSA) is 142 Å². The van der Waals surface area contributed by atoms with E-state index in [9.17, 15) is 15.3 Å². The van der Waals surface area contributed by atoms with Crippen LogP contribution in [0.3, 0.4) is 0 Å². The molecule has 0 aliphatic carbocycles. The van der Waals surface area contributed by atoms with Crippen molar-refractivity contribution >= 4 is 29.3 Å². The smallest absolute Gasteiger partial charge is 0.226 e. The highest BCUT2D eigenvalue weighted by Gasteiger charge is 2.21. The summed E-state index contributed by atoms with van der Waals surface area (Å²) in [5.74, 6) is 1.48. The van der Waals surface area contributed by atoms with E-state index < -0.39 is 0 Å². The first-order valence-corrected chi connectivity index (χ1v) is 10.9. The maximum atomic E-state index is 12.1. The summed E-state index contributed by atoms with van der Waals surface area (Å²) in [5.41, 5.74) is 8.82. The number of amides is 1. The summed E-state index contributed by atoms with van der Waals surface area (Å²) in [7, 11) is 0. The molecule has 2 aromatic heterocycles. The van der Waals surface area contributed by atoms with Crippen LogP contribution >= 0.6 is 11.8 Å². The number of nitrogens with zero attached hydrogens (tertiary/aromatic N) is 4. The molecule has 162 valence electrons. The zero-order valence-electron chi connectivity index (χ0n) is 18.0. The van der Waals surface area contributed by atoms with Crippen molar-refractivity contribution in [3.05, 3.63) is 52.8 Å². The Morgan fingerprint density at radius 3 is 2.47 bits per heavy atom. The summed E-state index contributed by atoms with van der Waals surface area (Å²) in [6.45, 7) is 5.92. The molecule has 0 aliphatic heterocycles. The van der Waals surface area contributed by atoms with Gasteiger partial charge in [-0.05, 0) is 24.0 Å². The molecule has 0 radical (unpaired) electrons. The van der Waals surface area contributed by atoms with Gasteiger partial charge in [0.25, 0.3) is 0 Å². The summed E-state index contributed by atoms with van der Waals surface area (Å²) in [6, 6.07) is 13.6. The van der Waals surface area contributed by atoms with Gasteiger partial charge in [-0.3, -0.25) is 4.79 Å². The lowest BCUT2D eigenvalue weighted by Gasteiger charge is -2.14. The Morgan fingerprint density at radius 1 is 1.22 bits per heavy atom. The summed E-state index contributed by atoms with van der Waals surface area (Å²) in [4.78, 5) is 16.4. The fourth-order valence-electron chi connectivity index (χ4n) is 3.10. The Labute approximate surface area is 190 Å². The van der Waals surface area contributed by atoms with Crippen molar-refractivity contribution in [3.63, 3.8) is 0 Å². The normalized spacial score (nSPS) is 10.6. The predicted octanol–water partition coefficient (Wildman–Crippen LogP) is 4.61. The van der Waals surface area contributed by atoms with Gasteiger partial charge in [0.05, 0.1) is 5.56 Å². The number of nitrogens with one attached hydrogen (secondary N) is 1. The average Bonchev–Trinajstić information content (AvgIpc) is 3.17. The number of carbonyl (C=O) groups excluding carboxylic acids is 1. The van der Waals surface area contributed by atoms with E-state index in [1.54, 1.807) is 13.0 Å². The molecule has 0 spiro atoms. The zero-order valence-corrected chi connectivity index (χ0v) is 18.8. The van der Waals surface area contributed by atoms with Crippen molar-refractivity contribution in [2.45, 2.75) is 38.1 Å². The van der Waals surface area contributed by atoms with Gasteiger partial charge in [-0.15, -0.1) is 11.8 Å². The van der Waals surface area contributed by atoms with Gasteiger partial charge >= 0.3 is 0 Å². The van der Waals surface area contributed by atoms with Crippen LogP contribution in [-0.4, -0.2) is 21.8 Å². The molecule has 0 unspecified atom stereocenters. The SMILES string of the molecule is Cc1cc(NC(=O)CCSc2nc(N)c(C#N)c(-c3ccc(C(C)C)cc3)c2C#N)no1. The van der Waals surface area contributed by atoms with Gasteiger partial charge in [-0.25, -0.2) is 4.98 Å². The molecule has 3 rings (SSSR count). The number of hydrogen-bond acceptors (Lipinski definition) is 8. The summed E-state index contributed by atoms with van der Waals surface area (Å²) in [5, 5.41) is 26.3. The van der Waals surface area contributed by atoms with E-state index in [1.807, 2.05) is 24.3 Å². The van der Waals surface area contributed by atoms with Crippen molar-refractivity contribution < 1.29 is 9.32 Å². The third-order valence-electron chi connectivity index (χ3n) is 4.74. The highest BCUT2D eigenvalue weighted by molar-refractivity contribution is 7.99. The molecule has 0 saturated heterocycles. The van der Waals surface area contributed by atoms with Crippen molar-refractivity contribution in [2.24, 2.45) is 0 Å². The Hall–Kier alpha value is -3.82. The molecule has 2 heterocycles. The number of benzene rings is 1. The molecule has 3 aromatic rings. The lowest BCUT2D eigenvalue weighted by Crippen LogP contribution is -2.12. The first kappa shape index (κ1) is 22.9. The minimum Gasteiger partial charge on any atom is -0.383 e. The molecule has 3 N–H and O–H groups in total. The van der Waals surface area contributed by atoms with Crippen LogP contribution in [0, 0.1) is 29.6 Å². The van der Waals surface area contributed by atoms with E-state index in [4.69, 9.17) is 10.3 Å². The van der Waals surface area contributed by atoms with Gasteiger partial charge in [0.15, 0.2) is 5.82 Å². The van der Waals surface area contributed by atoms with Gasteiger partial charge in [0.2, 0.25) is 5.91 Å². The van der Waals surface area contributed by atoms with E-state index in [1.165, 1.54) is 11.8 Å². The van der Waals surface area contributed by atoms with Crippen LogP contribution in [0.5, 0.6) is 0 Å². The first-order valence-electron chi connectivity index (χ1n) is 9.94. The van der Waals surface area contributed by atoms with Crippen LogP contribution < -0.4 is 11.1 Å². The number of carbonyl (C=O) groups is 1. The van der Waals surface area contributed by atoms with Gasteiger partial charge in [0.1, 0.15) is 34.3 Å². The fourth-order valence-corrected chi connectivity index (χ4v) is 4.03. The Kier molecular flexibility index (Phi) is 7.14. The fraction of sp³-hybridized carbons (Fsp3) is 0.261. The lowest BCUT2D eigenvalue weighted by atomic mass is 9.94. The first-order chi connectivity index (χ1) is 15.3. The molecule has 8 nitrogen and oxygen atoms in total. The Bertz CT molecular complexity index is 1220. The molecule has 32 heavy (non-hydrogen) atoms. The zero-order chi connectivity index (χ0) is 23.3. The van der Waals surface area contributed by atoms with E-state index in [0.717, 1.165) is 11.1 Å². The van der Waals surface area contributed by atoms with Gasteiger partial charge < -0.3 is 15.6 Å².